The molecule has 0 spiro atoms. The van der Waals surface area contributed by atoms with Crippen molar-refractivity contribution in [2.24, 2.45) is 0 Å². The van der Waals surface area contributed by atoms with Crippen LogP contribution in [0.5, 0.6) is 0 Å². The van der Waals surface area contributed by atoms with E-state index in [1.807, 2.05) is 65.0 Å². The SMILES string of the molecule is CCOC(OCC)P(=O)(Cc1ccccc1)C(C)(C)C. The summed E-state index contributed by atoms with van der Waals surface area (Å²) in [4.78, 5) is 0. The van der Waals surface area contributed by atoms with Crippen LogP contribution in [0.4, 0.5) is 0 Å². The molecule has 0 radical (unpaired) electrons. The Morgan fingerprint density at radius 2 is 1.55 bits per heavy atom. The Morgan fingerprint density at radius 1 is 1.05 bits per heavy atom. The largest absolute Gasteiger partial charge is 0.346 e. The maximum atomic E-state index is 13.6. The van der Waals surface area contributed by atoms with Crippen LogP contribution in [0.3, 0.4) is 0 Å². The molecule has 1 aromatic rings. The molecule has 0 fully saturated rings. The molecule has 1 unspecified atom stereocenters. The smallest absolute Gasteiger partial charge is 0.212 e. The molecule has 0 aliphatic heterocycles. The summed E-state index contributed by atoms with van der Waals surface area (Å²) in [6.45, 7) is 10.8. The lowest BCUT2D eigenvalue weighted by Crippen LogP contribution is -2.29. The summed E-state index contributed by atoms with van der Waals surface area (Å²) in [7, 11) is -2.71. The van der Waals surface area contributed by atoms with E-state index in [2.05, 4.69) is 0 Å². The highest BCUT2D eigenvalue weighted by Gasteiger charge is 2.44. The number of hydrogen-bond acceptors (Lipinski definition) is 3. The summed E-state index contributed by atoms with van der Waals surface area (Å²) in [6, 6.07) is 9.30. The molecule has 0 bridgehead atoms. The number of rotatable bonds is 7. The highest BCUT2D eigenvalue weighted by molar-refractivity contribution is 7.65. The molecule has 0 aliphatic rings. The summed E-state index contributed by atoms with van der Waals surface area (Å²) in [5, 5.41) is -0.363. The van der Waals surface area contributed by atoms with Crippen molar-refractivity contribution < 1.29 is 14.0 Å². The Hall–Kier alpha value is -0.630. The minimum absolute atomic E-state index is 0.363. The third-order valence-corrected chi connectivity index (χ3v) is 7.44. The van der Waals surface area contributed by atoms with Crippen molar-refractivity contribution in [2.45, 2.75) is 52.0 Å². The average Bonchev–Trinajstić information content (AvgIpc) is 2.38. The molecule has 114 valence electrons. The fourth-order valence-electron chi connectivity index (χ4n) is 2.06. The van der Waals surface area contributed by atoms with E-state index in [-0.39, 0.29) is 5.16 Å². The third-order valence-electron chi connectivity index (χ3n) is 3.35. The zero-order chi connectivity index (χ0) is 15.2. The first kappa shape index (κ1) is 17.4. The molecule has 0 N–H and O–H groups in total. The predicted molar refractivity (Wildman–Crippen MR) is 84.5 cm³/mol. The Balaban J connectivity index is 3.11. The van der Waals surface area contributed by atoms with Gasteiger partial charge >= 0.3 is 0 Å². The molecule has 1 atom stereocenters. The van der Waals surface area contributed by atoms with Gasteiger partial charge in [0.25, 0.3) is 0 Å². The summed E-state index contributed by atoms with van der Waals surface area (Å²) in [6.07, 6.45) is 0.502. The molecule has 1 aromatic carbocycles. The lowest BCUT2D eigenvalue weighted by molar-refractivity contribution is -0.0834. The molecular formula is C16H27O3P. The molecule has 0 aliphatic carbocycles. The standard InChI is InChI=1S/C16H27O3P/c1-6-18-15(19-7-2)20(17,16(3,4)5)13-14-11-9-8-10-12-14/h8-12,15H,6-7,13H2,1-5H3. The van der Waals surface area contributed by atoms with Gasteiger partial charge in [-0.05, 0) is 19.4 Å². The minimum atomic E-state index is -2.71. The molecule has 0 saturated heterocycles. The highest BCUT2D eigenvalue weighted by Crippen LogP contribution is 2.64. The van der Waals surface area contributed by atoms with Crippen molar-refractivity contribution in [3.8, 4) is 0 Å². The van der Waals surface area contributed by atoms with Crippen LogP contribution in [0, 0.1) is 0 Å². The van der Waals surface area contributed by atoms with E-state index in [0.29, 0.717) is 19.4 Å². The molecule has 20 heavy (non-hydrogen) atoms. The van der Waals surface area contributed by atoms with Crippen LogP contribution in [0.15, 0.2) is 30.3 Å². The van der Waals surface area contributed by atoms with Gasteiger partial charge in [0.2, 0.25) is 6.03 Å². The quantitative estimate of drug-likeness (QED) is 0.540. The van der Waals surface area contributed by atoms with Crippen LogP contribution < -0.4 is 0 Å². The number of benzene rings is 1. The highest BCUT2D eigenvalue weighted by atomic mass is 31.2. The van der Waals surface area contributed by atoms with Gasteiger partial charge in [-0.25, -0.2) is 0 Å². The normalized spacial score (nSPS) is 15.3. The van der Waals surface area contributed by atoms with E-state index in [0.717, 1.165) is 5.56 Å². The van der Waals surface area contributed by atoms with Crippen LogP contribution in [0.25, 0.3) is 0 Å². The van der Waals surface area contributed by atoms with Crippen LogP contribution in [0.1, 0.15) is 40.2 Å². The zero-order valence-electron chi connectivity index (χ0n) is 13.3. The van der Waals surface area contributed by atoms with Crippen LogP contribution >= 0.6 is 7.14 Å². The lowest BCUT2D eigenvalue weighted by Gasteiger charge is -2.36. The van der Waals surface area contributed by atoms with Gasteiger partial charge in [-0.1, -0.05) is 51.1 Å². The Morgan fingerprint density at radius 3 is 1.95 bits per heavy atom. The number of hydrogen-bond donors (Lipinski definition) is 0. The molecule has 1 rings (SSSR count). The summed E-state index contributed by atoms with van der Waals surface area (Å²) >= 11 is 0. The van der Waals surface area contributed by atoms with Crippen molar-refractivity contribution in [3.05, 3.63) is 35.9 Å². The third kappa shape index (κ3) is 4.18. The second-order valence-electron chi connectivity index (χ2n) is 5.83. The van der Waals surface area contributed by atoms with Gasteiger partial charge in [-0.3, -0.25) is 0 Å². The first-order valence-electron chi connectivity index (χ1n) is 7.21. The van der Waals surface area contributed by atoms with Gasteiger partial charge < -0.3 is 14.0 Å². The molecule has 0 aromatic heterocycles. The average molecular weight is 298 g/mol. The molecule has 0 amide bonds. The van der Waals surface area contributed by atoms with E-state index in [4.69, 9.17) is 9.47 Å². The van der Waals surface area contributed by atoms with E-state index in [9.17, 15) is 4.57 Å². The summed E-state index contributed by atoms with van der Waals surface area (Å²) in [5.74, 6) is 0. The van der Waals surface area contributed by atoms with Crippen molar-refractivity contribution in [2.75, 3.05) is 13.2 Å². The monoisotopic (exact) mass is 298 g/mol. The molecular weight excluding hydrogens is 271 g/mol. The van der Waals surface area contributed by atoms with E-state index >= 15 is 0 Å². The zero-order valence-corrected chi connectivity index (χ0v) is 14.2. The van der Waals surface area contributed by atoms with Crippen molar-refractivity contribution >= 4 is 7.14 Å². The summed E-state index contributed by atoms with van der Waals surface area (Å²) < 4.78 is 25.0. The summed E-state index contributed by atoms with van der Waals surface area (Å²) in [5.41, 5.74) is 1.06. The second-order valence-corrected chi connectivity index (χ2v) is 9.50. The Kier molecular flexibility index (Phi) is 6.44. The van der Waals surface area contributed by atoms with Crippen molar-refractivity contribution in [1.82, 2.24) is 0 Å². The van der Waals surface area contributed by atoms with Gasteiger partial charge in [0.05, 0.1) is 0 Å². The number of ether oxygens (including phenoxy) is 2. The Bertz CT molecular complexity index is 431. The topological polar surface area (TPSA) is 35.5 Å². The molecule has 0 saturated carbocycles. The van der Waals surface area contributed by atoms with Gasteiger partial charge in [0.1, 0.15) is 0 Å². The van der Waals surface area contributed by atoms with Crippen molar-refractivity contribution in [3.63, 3.8) is 0 Å². The molecule has 0 heterocycles. The first-order chi connectivity index (χ1) is 9.35. The molecule has 4 heteroatoms. The van der Waals surface area contributed by atoms with Gasteiger partial charge in [0.15, 0.2) is 7.14 Å². The van der Waals surface area contributed by atoms with Gasteiger partial charge in [-0.2, -0.15) is 0 Å². The van der Waals surface area contributed by atoms with E-state index in [1.54, 1.807) is 0 Å². The predicted octanol–water partition coefficient (Wildman–Crippen LogP) is 4.70. The van der Waals surface area contributed by atoms with E-state index < -0.39 is 13.2 Å². The fraction of sp³-hybridized carbons (Fsp3) is 0.625. The van der Waals surface area contributed by atoms with Gasteiger partial charge in [-0.15, -0.1) is 0 Å². The van der Waals surface area contributed by atoms with Gasteiger partial charge in [0, 0.05) is 24.5 Å². The lowest BCUT2D eigenvalue weighted by atomic mass is 10.2. The minimum Gasteiger partial charge on any atom is -0.346 e. The maximum Gasteiger partial charge on any atom is 0.212 e. The van der Waals surface area contributed by atoms with E-state index in [1.165, 1.54) is 0 Å². The van der Waals surface area contributed by atoms with Crippen molar-refractivity contribution in [1.29, 1.82) is 0 Å². The molecule has 3 nitrogen and oxygen atoms in total. The first-order valence-corrected chi connectivity index (χ1v) is 9.17. The van der Waals surface area contributed by atoms with Crippen LogP contribution in [-0.2, 0) is 20.2 Å². The fourth-order valence-corrected chi connectivity index (χ4v) is 4.85. The van der Waals surface area contributed by atoms with Crippen LogP contribution in [0.2, 0.25) is 0 Å². The Labute approximate surface area is 123 Å². The van der Waals surface area contributed by atoms with Crippen LogP contribution in [-0.4, -0.2) is 24.4 Å². The second kappa shape index (κ2) is 7.40. The maximum absolute atomic E-state index is 13.6.